The van der Waals surface area contributed by atoms with Crippen LogP contribution in [0.1, 0.15) is 31.2 Å². The predicted molar refractivity (Wildman–Crippen MR) is 102 cm³/mol. The van der Waals surface area contributed by atoms with Gasteiger partial charge in [-0.2, -0.15) is 4.31 Å². The number of sulfonamides is 1. The third-order valence-electron chi connectivity index (χ3n) is 4.34. The van der Waals surface area contributed by atoms with Crippen LogP contribution in [0.4, 0.5) is 0 Å². The van der Waals surface area contributed by atoms with Gasteiger partial charge in [-0.25, -0.2) is 18.4 Å². The summed E-state index contributed by atoms with van der Waals surface area (Å²) in [5.74, 6) is 0.376. The Bertz CT molecular complexity index is 881. The van der Waals surface area contributed by atoms with Gasteiger partial charge in [-0.15, -0.1) is 0 Å². The number of para-hydroxylation sites is 1. The smallest absolute Gasteiger partial charge is 0.317 e. The minimum absolute atomic E-state index is 0.190. The first kappa shape index (κ1) is 19.6. The van der Waals surface area contributed by atoms with E-state index in [0.717, 1.165) is 17.8 Å². The van der Waals surface area contributed by atoms with Gasteiger partial charge in [0.1, 0.15) is 16.7 Å². The fraction of sp³-hybridized carbons (Fsp3) is 0.474. The summed E-state index contributed by atoms with van der Waals surface area (Å²) in [5, 5.41) is 0. The van der Waals surface area contributed by atoms with Crippen LogP contribution in [0.2, 0.25) is 0 Å². The average Bonchev–Trinajstić information content (AvgIpc) is 2.62. The molecule has 1 unspecified atom stereocenters. The molecular weight excluding hydrogens is 366 g/mol. The Morgan fingerprint density at radius 3 is 2.59 bits per heavy atom. The minimum Gasteiger partial charge on any atom is -0.492 e. The molecule has 1 aliphatic heterocycles. The molecule has 1 aromatic heterocycles. The fourth-order valence-electron chi connectivity index (χ4n) is 3.19. The lowest BCUT2D eigenvalue weighted by molar-refractivity contribution is 0.118. The lowest BCUT2D eigenvalue weighted by Gasteiger charge is -2.32. The first-order valence-corrected chi connectivity index (χ1v) is 10.5. The summed E-state index contributed by atoms with van der Waals surface area (Å²) in [4.78, 5) is 8.77. The zero-order chi connectivity index (χ0) is 19.4. The van der Waals surface area contributed by atoms with Gasteiger partial charge in [-0.1, -0.05) is 12.1 Å². The molecule has 0 amide bonds. The highest BCUT2D eigenvalue weighted by Crippen LogP contribution is 2.29. The molecule has 0 aliphatic carbocycles. The number of rotatable bonds is 6. The Morgan fingerprint density at radius 1 is 1.19 bits per heavy atom. The van der Waals surface area contributed by atoms with E-state index in [4.69, 9.17) is 9.47 Å². The standard InChI is InChI=1S/C19H25N3O4S/c1-4-25-17-9-5-6-10-18(17)27(23,24)22-11-7-8-16(13-22)26-19-20-14(2)12-15(3)21-19/h5-6,9-10,12,16H,4,7-8,11,13H2,1-3H3. The van der Waals surface area contributed by atoms with E-state index in [-0.39, 0.29) is 17.5 Å². The van der Waals surface area contributed by atoms with Gasteiger partial charge in [0.15, 0.2) is 0 Å². The Morgan fingerprint density at radius 2 is 1.89 bits per heavy atom. The van der Waals surface area contributed by atoms with Gasteiger partial charge in [0.25, 0.3) is 0 Å². The highest BCUT2D eigenvalue weighted by atomic mass is 32.2. The maximum absolute atomic E-state index is 13.1. The van der Waals surface area contributed by atoms with Crippen LogP contribution >= 0.6 is 0 Å². The van der Waals surface area contributed by atoms with Gasteiger partial charge in [0, 0.05) is 17.9 Å². The van der Waals surface area contributed by atoms with Crippen LogP contribution in [0.25, 0.3) is 0 Å². The van der Waals surface area contributed by atoms with Crippen LogP contribution < -0.4 is 9.47 Å². The monoisotopic (exact) mass is 391 g/mol. The van der Waals surface area contributed by atoms with Crippen LogP contribution in [0.5, 0.6) is 11.8 Å². The van der Waals surface area contributed by atoms with Crippen LogP contribution in [0.15, 0.2) is 35.2 Å². The summed E-state index contributed by atoms with van der Waals surface area (Å²) >= 11 is 0. The Labute approximate surface area is 160 Å². The topological polar surface area (TPSA) is 81.6 Å². The lowest BCUT2D eigenvalue weighted by Crippen LogP contribution is -2.44. The van der Waals surface area contributed by atoms with Crippen molar-refractivity contribution >= 4 is 10.0 Å². The molecule has 1 atom stereocenters. The molecule has 27 heavy (non-hydrogen) atoms. The predicted octanol–water partition coefficient (Wildman–Crippen LogP) is 2.72. The number of hydrogen-bond donors (Lipinski definition) is 0. The zero-order valence-corrected chi connectivity index (χ0v) is 16.7. The van der Waals surface area contributed by atoms with E-state index in [1.54, 1.807) is 24.3 Å². The second-order valence-electron chi connectivity index (χ2n) is 6.56. The second kappa shape index (κ2) is 8.22. The second-order valence-corrected chi connectivity index (χ2v) is 8.46. The van der Waals surface area contributed by atoms with E-state index in [9.17, 15) is 8.42 Å². The van der Waals surface area contributed by atoms with Crippen molar-refractivity contribution in [3.8, 4) is 11.8 Å². The molecule has 0 spiro atoms. The van der Waals surface area contributed by atoms with Crippen LogP contribution in [-0.4, -0.2) is 48.5 Å². The number of benzene rings is 1. The molecule has 8 heteroatoms. The van der Waals surface area contributed by atoms with Gasteiger partial charge >= 0.3 is 6.01 Å². The van der Waals surface area contributed by atoms with Crippen molar-refractivity contribution in [3.05, 3.63) is 41.7 Å². The molecule has 1 aromatic carbocycles. The van der Waals surface area contributed by atoms with Crippen molar-refractivity contribution in [1.29, 1.82) is 0 Å². The molecule has 2 heterocycles. The van der Waals surface area contributed by atoms with Crippen molar-refractivity contribution in [1.82, 2.24) is 14.3 Å². The number of piperidine rings is 1. The molecular formula is C19H25N3O4S. The van der Waals surface area contributed by atoms with Crippen LogP contribution in [0, 0.1) is 13.8 Å². The van der Waals surface area contributed by atoms with Gasteiger partial charge < -0.3 is 9.47 Å². The van der Waals surface area contributed by atoms with Crippen molar-refractivity contribution in [2.24, 2.45) is 0 Å². The lowest BCUT2D eigenvalue weighted by atomic mass is 10.1. The molecule has 2 aromatic rings. The Hall–Kier alpha value is -2.19. The first-order valence-electron chi connectivity index (χ1n) is 9.11. The van der Waals surface area contributed by atoms with Crippen LogP contribution in [-0.2, 0) is 10.0 Å². The van der Waals surface area contributed by atoms with E-state index in [1.807, 2.05) is 26.8 Å². The summed E-state index contributed by atoms with van der Waals surface area (Å²) in [5.41, 5.74) is 1.65. The highest BCUT2D eigenvalue weighted by molar-refractivity contribution is 7.89. The van der Waals surface area contributed by atoms with E-state index >= 15 is 0 Å². The molecule has 1 aliphatic rings. The number of hydrogen-bond acceptors (Lipinski definition) is 6. The van der Waals surface area contributed by atoms with Gasteiger partial charge in [-0.3, -0.25) is 0 Å². The number of ether oxygens (including phenoxy) is 2. The van der Waals surface area contributed by atoms with Crippen molar-refractivity contribution in [3.63, 3.8) is 0 Å². The molecule has 3 rings (SSSR count). The molecule has 0 radical (unpaired) electrons. The van der Waals surface area contributed by atoms with Gasteiger partial charge in [0.2, 0.25) is 10.0 Å². The average molecular weight is 391 g/mol. The van der Waals surface area contributed by atoms with Crippen molar-refractivity contribution in [2.75, 3.05) is 19.7 Å². The molecule has 1 saturated heterocycles. The number of aryl methyl sites for hydroxylation is 2. The summed E-state index contributed by atoms with van der Waals surface area (Å²) in [7, 11) is -3.67. The fourth-order valence-corrected chi connectivity index (χ4v) is 4.83. The third kappa shape index (κ3) is 4.56. The molecule has 146 valence electrons. The minimum atomic E-state index is -3.67. The van der Waals surface area contributed by atoms with E-state index in [1.165, 1.54) is 4.31 Å². The van der Waals surface area contributed by atoms with E-state index < -0.39 is 10.0 Å². The van der Waals surface area contributed by atoms with Gasteiger partial charge in [0.05, 0.1) is 13.2 Å². The first-order chi connectivity index (χ1) is 12.9. The molecule has 0 saturated carbocycles. The van der Waals surface area contributed by atoms with Gasteiger partial charge in [-0.05, 0) is 51.8 Å². The summed E-state index contributed by atoms with van der Waals surface area (Å²) in [6.07, 6.45) is 1.19. The third-order valence-corrected chi connectivity index (χ3v) is 6.25. The number of nitrogens with zero attached hydrogens (tertiary/aromatic N) is 3. The maximum atomic E-state index is 13.1. The van der Waals surface area contributed by atoms with Crippen LogP contribution in [0.3, 0.4) is 0 Å². The number of aromatic nitrogens is 2. The Balaban J connectivity index is 1.79. The summed E-state index contributed by atoms with van der Waals surface area (Å²) in [6, 6.07) is 8.90. The molecule has 1 fully saturated rings. The maximum Gasteiger partial charge on any atom is 0.317 e. The van der Waals surface area contributed by atoms with E-state index in [0.29, 0.717) is 31.3 Å². The largest absolute Gasteiger partial charge is 0.492 e. The molecule has 7 nitrogen and oxygen atoms in total. The quantitative estimate of drug-likeness (QED) is 0.753. The summed E-state index contributed by atoms with van der Waals surface area (Å²) < 4.78 is 39.2. The molecule has 0 N–H and O–H groups in total. The molecule has 0 bridgehead atoms. The SMILES string of the molecule is CCOc1ccccc1S(=O)(=O)N1CCCC(Oc2nc(C)cc(C)n2)C1. The highest BCUT2D eigenvalue weighted by Gasteiger charge is 2.33. The zero-order valence-electron chi connectivity index (χ0n) is 15.9. The van der Waals surface area contributed by atoms with E-state index in [2.05, 4.69) is 9.97 Å². The van der Waals surface area contributed by atoms with Crippen molar-refractivity contribution < 1.29 is 17.9 Å². The van der Waals surface area contributed by atoms with Crippen molar-refractivity contribution in [2.45, 2.75) is 44.6 Å². The summed E-state index contributed by atoms with van der Waals surface area (Å²) in [6.45, 7) is 6.71. The normalized spacial score (nSPS) is 18.3. The Kier molecular flexibility index (Phi) is 5.96.